The molecule has 2 N–H and O–H groups in total. The third-order valence-corrected chi connectivity index (χ3v) is 3.41. The SMILES string of the molecule is Cc1ccccc1CNC(=O)CNc1ccccc1C(F)(F)F. The quantitative estimate of drug-likeness (QED) is 0.880. The van der Waals surface area contributed by atoms with Crippen LogP contribution in [0.1, 0.15) is 16.7 Å². The van der Waals surface area contributed by atoms with E-state index in [1.807, 2.05) is 31.2 Å². The summed E-state index contributed by atoms with van der Waals surface area (Å²) in [5.41, 5.74) is 1.12. The van der Waals surface area contributed by atoms with Gasteiger partial charge in [-0.1, -0.05) is 36.4 Å². The second-order valence-electron chi connectivity index (χ2n) is 5.10. The minimum Gasteiger partial charge on any atom is -0.376 e. The summed E-state index contributed by atoms with van der Waals surface area (Å²) in [6.07, 6.45) is -4.46. The molecule has 0 heterocycles. The average Bonchev–Trinajstić information content (AvgIpc) is 2.51. The van der Waals surface area contributed by atoms with Crippen LogP contribution in [0.15, 0.2) is 48.5 Å². The lowest BCUT2D eigenvalue weighted by molar-refractivity contribution is -0.137. The summed E-state index contributed by atoms with van der Waals surface area (Å²) in [6, 6.07) is 12.7. The van der Waals surface area contributed by atoms with Gasteiger partial charge in [0.15, 0.2) is 0 Å². The van der Waals surface area contributed by atoms with E-state index < -0.39 is 11.7 Å². The van der Waals surface area contributed by atoms with Crippen LogP contribution < -0.4 is 10.6 Å². The van der Waals surface area contributed by atoms with E-state index in [2.05, 4.69) is 10.6 Å². The number of alkyl halides is 3. The number of anilines is 1. The van der Waals surface area contributed by atoms with Gasteiger partial charge in [0.1, 0.15) is 0 Å². The minimum absolute atomic E-state index is 0.106. The van der Waals surface area contributed by atoms with Gasteiger partial charge in [-0.15, -0.1) is 0 Å². The van der Waals surface area contributed by atoms with Gasteiger partial charge in [-0.2, -0.15) is 13.2 Å². The number of amides is 1. The average molecular weight is 322 g/mol. The highest BCUT2D eigenvalue weighted by atomic mass is 19.4. The predicted molar refractivity (Wildman–Crippen MR) is 83.0 cm³/mol. The second kappa shape index (κ2) is 7.17. The molecule has 23 heavy (non-hydrogen) atoms. The molecule has 0 saturated carbocycles. The number of carbonyl (C=O) groups excluding carboxylic acids is 1. The van der Waals surface area contributed by atoms with Crippen molar-refractivity contribution in [3.8, 4) is 0 Å². The summed E-state index contributed by atoms with van der Waals surface area (Å²) < 4.78 is 38.5. The number of benzene rings is 2. The largest absolute Gasteiger partial charge is 0.418 e. The predicted octanol–water partition coefficient (Wildman–Crippen LogP) is 3.74. The van der Waals surface area contributed by atoms with Gasteiger partial charge in [-0.05, 0) is 30.2 Å². The van der Waals surface area contributed by atoms with Crippen molar-refractivity contribution in [1.82, 2.24) is 5.32 Å². The van der Waals surface area contributed by atoms with E-state index in [1.165, 1.54) is 18.2 Å². The zero-order valence-corrected chi connectivity index (χ0v) is 12.6. The molecule has 6 heteroatoms. The first kappa shape index (κ1) is 16.9. The van der Waals surface area contributed by atoms with E-state index in [4.69, 9.17) is 0 Å². The van der Waals surface area contributed by atoms with E-state index in [9.17, 15) is 18.0 Å². The fourth-order valence-corrected chi connectivity index (χ4v) is 2.12. The van der Waals surface area contributed by atoms with Crippen LogP contribution in [0, 0.1) is 6.92 Å². The van der Waals surface area contributed by atoms with Gasteiger partial charge in [0.05, 0.1) is 12.1 Å². The van der Waals surface area contributed by atoms with Gasteiger partial charge < -0.3 is 10.6 Å². The standard InChI is InChI=1S/C17H17F3N2O/c1-12-6-2-3-7-13(12)10-22-16(23)11-21-15-9-5-4-8-14(15)17(18,19)20/h2-9,21H,10-11H2,1H3,(H,22,23). The first-order valence-electron chi connectivity index (χ1n) is 7.09. The molecule has 2 aromatic carbocycles. The molecule has 0 aliphatic carbocycles. The number of para-hydroxylation sites is 1. The molecule has 0 aromatic heterocycles. The molecule has 0 radical (unpaired) electrons. The number of halogens is 3. The smallest absolute Gasteiger partial charge is 0.376 e. The van der Waals surface area contributed by atoms with Crippen LogP contribution in [0.3, 0.4) is 0 Å². The number of carbonyl (C=O) groups is 1. The van der Waals surface area contributed by atoms with Crippen molar-refractivity contribution in [3.05, 3.63) is 65.2 Å². The van der Waals surface area contributed by atoms with Crippen LogP contribution in [0.2, 0.25) is 0 Å². The number of rotatable bonds is 5. The monoisotopic (exact) mass is 322 g/mol. The van der Waals surface area contributed by atoms with Crippen molar-refractivity contribution < 1.29 is 18.0 Å². The zero-order valence-electron chi connectivity index (χ0n) is 12.6. The van der Waals surface area contributed by atoms with Crippen LogP contribution in [-0.2, 0) is 17.5 Å². The van der Waals surface area contributed by atoms with Gasteiger partial charge in [-0.25, -0.2) is 0 Å². The van der Waals surface area contributed by atoms with Crippen LogP contribution in [0.4, 0.5) is 18.9 Å². The Hall–Kier alpha value is -2.50. The summed E-state index contributed by atoms with van der Waals surface area (Å²) in [5, 5.41) is 5.22. The van der Waals surface area contributed by atoms with Gasteiger partial charge in [0.25, 0.3) is 0 Å². The minimum atomic E-state index is -4.46. The van der Waals surface area contributed by atoms with E-state index in [0.717, 1.165) is 17.2 Å². The molecule has 3 nitrogen and oxygen atoms in total. The van der Waals surface area contributed by atoms with Crippen molar-refractivity contribution in [2.24, 2.45) is 0 Å². The van der Waals surface area contributed by atoms with Crippen LogP contribution >= 0.6 is 0 Å². The number of hydrogen-bond donors (Lipinski definition) is 2. The Morgan fingerprint density at radius 3 is 2.39 bits per heavy atom. The van der Waals surface area contributed by atoms with Crippen molar-refractivity contribution in [2.45, 2.75) is 19.6 Å². The number of aryl methyl sites for hydroxylation is 1. The van der Waals surface area contributed by atoms with E-state index in [0.29, 0.717) is 6.54 Å². The highest BCUT2D eigenvalue weighted by Gasteiger charge is 2.33. The van der Waals surface area contributed by atoms with Crippen LogP contribution in [0.5, 0.6) is 0 Å². The Morgan fingerprint density at radius 1 is 1.04 bits per heavy atom. The zero-order chi connectivity index (χ0) is 16.9. The second-order valence-corrected chi connectivity index (χ2v) is 5.10. The van der Waals surface area contributed by atoms with Gasteiger partial charge in [0.2, 0.25) is 5.91 Å². The molecule has 1 amide bonds. The van der Waals surface area contributed by atoms with Crippen LogP contribution in [-0.4, -0.2) is 12.5 Å². The summed E-state index contributed by atoms with van der Waals surface area (Å²) in [7, 11) is 0. The summed E-state index contributed by atoms with van der Waals surface area (Å²) in [5.74, 6) is -0.370. The Balaban J connectivity index is 1.92. The molecule has 122 valence electrons. The lowest BCUT2D eigenvalue weighted by atomic mass is 10.1. The third kappa shape index (κ3) is 4.74. The number of hydrogen-bond acceptors (Lipinski definition) is 2. The first-order valence-corrected chi connectivity index (χ1v) is 7.09. The normalized spacial score (nSPS) is 11.1. The summed E-state index contributed by atoms with van der Waals surface area (Å²) in [6.45, 7) is 2.05. The molecule has 0 aliphatic heterocycles. The maximum absolute atomic E-state index is 12.8. The lowest BCUT2D eigenvalue weighted by Gasteiger charge is -2.14. The van der Waals surface area contributed by atoms with E-state index >= 15 is 0 Å². The molecule has 0 spiro atoms. The molecule has 0 fully saturated rings. The van der Waals surface area contributed by atoms with Gasteiger partial charge in [0, 0.05) is 12.2 Å². The molecule has 0 bridgehead atoms. The molecule has 0 atom stereocenters. The maximum Gasteiger partial charge on any atom is 0.418 e. The Morgan fingerprint density at radius 2 is 1.70 bits per heavy atom. The van der Waals surface area contributed by atoms with E-state index in [1.54, 1.807) is 0 Å². The fourth-order valence-electron chi connectivity index (χ4n) is 2.12. The highest BCUT2D eigenvalue weighted by Crippen LogP contribution is 2.34. The topological polar surface area (TPSA) is 41.1 Å². The third-order valence-electron chi connectivity index (χ3n) is 3.41. The van der Waals surface area contributed by atoms with Crippen LogP contribution in [0.25, 0.3) is 0 Å². The highest BCUT2D eigenvalue weighted by molar-refractivity contribution is 5.81. The summed E-state index contributed by atoms with van der Waals surface area (Å²) >= 11 is 0. The lowest BCUT2D eigenvalue weighted by Crippen LogP contribution is -2.30. The molecule has 2 aromatic rings. The fraction of sp³-hybridized carbons (Fsp3) is 0.235. The maximum atomic E-state index is 12.8. The van der Waals surface area contributed by atoms with Gasteiger partial charge >= 0.3 is 6.18 Å². The van der Waals surface area contributed by atoms with Crippen molar-refractivity contribution >= 4 is 11.6 Å². The van der Waals surface area contributed by atoms with Crippen molar-refractivity contribution in [3.63, 3.8) is 0 Å². The molecule has 2 rings (SSSR count). The van der Waals surface area contributed by atoms with E-state index in [-0.39, 0.29) is 18.1 Å². The molecule has 0 aliphatic rings. The van der Waals surface area contributed by atoms with Crippen molar-refractivity contribution in [2.75, 3.05) is 11.9 Å². The van der Waals surface area contributed by atoms with Crippen molar-refractivity contribution in [1.29, 1.82) is 0 Å². The molecule has 0 saturated heterocycles. The summed E-state index contributed by atoms with van der Waals surface area (Å²) in [4.78, 5) is 11.8. The number of nitrogens with one attached hydrogen (secondary N) is 2. The Labute approximate surface area is 132 Å². The molecular weight excluding hydrogens is 305 g/mol. The Bertz CT molecular complexity index is 684. The molecule has 0 unspecified atom stereocenters. The first-order chi connectivity index (χ1) is 10.9. The van der Waals surface area contributed by atoms with Gasteiger partial charge in [-0.3, -0.25) is 4.79 Å². The Kier molecular flexibility index (Phi) is 5.26. The molecular formula is C17H17F3N2O.